The van der Waals surface area contributed by atoms with Gasteiger partial charge in [0.25, 0.3) is 11.5 Å². The molecule has 206 valence electrons. The summed E-state index contributed by atoms with van der Waals surface area (Å²) in [6.45, 7) is 4.80. The smallest absolute Gasteiger partial charge is 0.326 e. The van der Waals surface area contributed by atoms with Crippen molar-refractivity contribution in [3.63, 3.8) is 0 Å². The van der Waals surface area contributed by atoms with Gasteiger partial charge in [-0.05, 0) is 56.9 Å². The molecule has 4 rings (SSSR count). The maximum atomic E-state index is 12.7. The first kappa shape index (κ1) is 27.5. The number of aromatic amines is 1. The summed E-state index contributed by atoms with van der Waals surface area (Å²) in [6, 6.07) is 5.71. The number of anilines is 2. The predicted octanol–water partition coefficient (Wildman–Crippen LogP) is 1.52. The van der Waals surface area contributed by atoms with E-state index in [1.807, 2.05) is 18.7 Å². The Morgan fingerprint density at radius 1 is 1.18 bits per heavy atom. The molecule has 1 fully saturated rings. The molecule has 0 spiro atoms. The summed E-state index contributed by atoms with van der Waals surface area (Å²) in [7, 11) is 0. The average molecular weight is 537 g/mol. The van der Waals surface area contributed by atoms with Gasteiger partial charge in [-0.2, -0.15) is 4.98 Å². The van der Waals surface area contributed by atoms with Crippen LogP contribution >= 0.6 is 0 Å². The number of fused-ring (bicyclic) bond motifs is 1. The van der Waals surface area contributed by atoms with Gasteiger partial charge in [0.15, 0.2) is 11.2 Å². The number of carbonyl (C=O) groups is 3. The van der Waals surface area contributed by atoms with E-state index in [9.17, 15) is 24.3 Å². The second-order valence-electron chi connectivity index (χ2n) is 9.79. The number of hydrogen-bond acceptors (Lipinski definition) is 9. The lowest BCUT2D eigenvalue weighted by atomic mass is 10.1. The van der Waals surface area contributed by atoms with Crippen LogP contribution in [-0.4, -0.2) is 66.4 Å². The first-order valence-corrected chi connectivity index (χ1v) is 12.8. The quantitative estimate of drug-likeness (QED) is 0.224. The Bertz CT molecular complexity index is 1420. The molecule has 1 aromatic carbocycles. The van der Waals surface area contributed by atoms with Crippen LogP contribution in [0, 0.1) is 5.92 Å². The number of aliphatic carboxylic acids is 1. The van der Waals surface area contributed by atoms with Gasteiger partial charge in [0.05, 0.1) is 18.4 Å². The first-order valence-electron chi connectivity index (χ1n) is 12.8. The molecular weight excluding hydrogens is 504 g/mol. The number of hydrogen-bond donors (Lipinski definition) is 5. The molecule has 3 aromatic rings. The number of carboxylic acid groups (broad SMARTS) is 1. The third-order valence-corrected chi connectivity index (χ3v) is 6.78. The number of amides is 2. The lowest BCUT2D eigenvalue weighted by molar-refractivity contribution is -0.139. The molecule has 1 aliphatic heterocycles. The van der Waals surface area contributed by atoms with Crippen molar-refractivity contribution in [1.29, 1.82) is 0 Å². The van der Waals surface area contributed by atoms with Crippen molar-refractivity contribution in [3.05, 3.63) is 52.1 Å². The molecule has 0 saturated carbocycles. The number of unbranched alkanes of at least 4 members (excludes halogenated alkanes) is 1. The molecule has 0 aliphatic carbocycles. The van der Waals surface area contributed by atoms with Gasteiger partial charge in [-0.15, -0.1) is 0 Å². The predicted molar refractivity (Wildman–Crippen MR) is 144 cm³/mol. The number of carbonyl (C=O) groups excluding carboxylic acids is 2. The van der Waals surface area contributed by atoms with Crippen LogP contribution in [0.1, 0.15) is 55.6 Å². The summed E-state index contributed by atoms with van der Waals surface area (Å²) in [5.41, 5.74) is 6.78. The summed E-state index contributed by atoms with van der Waals surface area (Å²) in [5.74, 6) is -1.45. The number of aromatic nitrogens is 4. The van der Waals surface area contributed by atoms with E-state index in [2.05, 4.69) is 30.6 Å². The minimum absolute atomic E-state index is 0.0312. The number of carboxylic acids is 1. The normalized spacial score (nSPS) is 17.8. The molecule has 13 heteroatoms. The zero-order valence-electron chi connectivity index (χ0n) is 21.8. The van der Waals surface area contributed by atoms with Gasteiger partial charge in [-0.1, -0.05) is 6.92 Å². The first-order chi connectivity index (χ1) is 18.6. The fraction of sp³-hybridized carbons (Fsp3) is 0.423. The maximum Gasteiger partial charge on any atom is 0.326 e. The summed E-state index contributed by atoms with van der Waals surface area (Å²) >= 11 is 0. The van der Waals surface area contributed by atoms with Crippen molar-refractivity contribution < 1.29 is 19.5 Å². The molecule has 3 atom stereocenters. The number of nitrogen functional groups attached to an aromatic ring is 1. The lowest BCUT2D eigenvalue weighted by Gasteiger charge is -2.22. The zero-order chi connectivity index (χ0) is 28.1. The molecule has 1 aliphatic rings. The van der Waals surface area contributed by atoms with Crippen LogP contribution in [0.15, 0.2) is 35.3 Å². The highest BCUT2D eigenvalue weighted by Gasteiger charge is 2.33. The summed E-state index contributed by atoms with van der Waals surface area (Å²) in [4.78, 5) is 65.2. The van der Waals surface area contributed by atoms with Crippen molar-refractivity contribution in [2.75, 3.05) is 17.6 Å². The van der Waals surface area contributed by atoms with Crippen molar-refractivity contribution in [2.24, 2.45) is 5.92 Å². The van der Waals surface area contributed by atoms with E-state index in [0.717, 1.165) is 6.42 Å². The highest BCUT2D eigenvalue weighted by Crippen LogP contribution is 2.24. The molecule has 3 heterocycles. The van der Waals surface area contributed by atoms with Crippen molar-refractivity contribution >= 4 is 40.6 Å². The second kappa shape index (κ2) is 11.9. The van der Waals surface area contributed by atoms with Crippen molar-refractivity contribution in [3.8, 4) is 0 Å². The van der Waals surface area contributed by atoms with Crippen LogP contribution in [0.4, 0.5) is 11.6 Å². The van der Waals surface area contributed by atoms with Crippen molar-refractivity contribution in [1.82, 2.24) is 30.2 Å². The van der Waals surface area contributed by atoms with Crippen LogP contribution in [0.5, 0.6) is 0 Å². The minimum atomic E-state index is -1.10. The summed E-state index contributed by atoms with van der Waals surface area (Å²) < 4.78 is 0. The van der Waals surface area contributed by atoms with Gasteiger partial charge in [-0.25, -0.2) is 14.8 Å². The second-order valence-corrected chi connectivity index (χ2v) is 9.79. The Morgan fingerprint density at radius 3 is 2.59 bits per heavy atom. The number of nitrogens with one attached hydrogen (secondary N) is 3. The SMILES string of the molecule is CC1CC(C)N(CCCC[C@H](NC(=O)c2ccc(NCc3cnc4nc(N)[nH]c(=O)c4n3)cc2)C(=O)O)C1=O. The Labute approximate surface area is 224 Å². The third kappa shape index (κ3) is 6.67. The molecule has 0 radical (unpaired) electrons. The van der Waals surface area contributed by atoms with Gasteiger partial charge in [0.2, 0.25) is 11.9 Å². The number of likely N-dealkylation sites (tertiary alicyclic amines) is 1. The van der Waals surface area contributed by atoms with Gasteiger partial charge >= 0.3 is 5.97 Å². The Kier molecular flexibility index (Phi) is 8.37. The number of nitrogens with two attached hydrogens (primary N) is 1. The van der Waals surface area contributed by atoms with E-state index in [-0.39, 0.29) is 47.9 Å². The maximum absolute atomic E-state index is 12.7. The highest BCUT2D eigenvalue weighted by atomic mass is 16.4. The topological polar surface area (TPSA) is 196 Å². The number of H-pyrrole nitrogens is 1. The lowest BCUT2D eigenvalue weighted by Crippen LogP contribution is -2.41. The molecule has 1 saturated heterocycles. The van der Waals surface area contributed by atoms with Crippen LogP contribution < -0.4 is 21.9 Å². The van der Waals surface area contributed by atoms with Gasteiger partial charge in [0.1, 0.15) is 6.04 Å². The Balaban J connectivity index is 1.27. The van der Waals surface area contributed by atoms with E-state index in [0.29, 0.717) is 36.3 Å². The Hall–Kier alpha value is -4.55. The molecule has 2 unspecified atom stereocenters. The molecular formula is C26H32N8O5. The number of rotatable bonds is 11. The van der Waals surface area contributed by atoms with Crippen LogP contribution in [0.2, 0.25) is 0 Å². The standard InChI is InChI=1S/C26H32N8O5/c1-14-11-15(2)34(24(14)37)10-4-3-5-19(25(38)39)31-22(35)16-6-8-17(9-7-16)28-12-18-13-29-21-20(30-18)23(36)33-26(27)32-21/h6-9,13-15,19,28H,3-5,10-12H2,1-2H3,(H,31,35)(H,38,39)(H3,27,29,32,33,36)/t14?,15?,19-/m0/s1. The fourth-order valence-corrected chi connectivity index (χ4v) is 4.69. The van der Waals surface area contributed by atoms with Crippen LogP contribution in [-0.2, 0) is 16.1 Å². The fourth-order valence-electron chi connectivity index (χ4n) is 4.69. The van der Waals surface area contributed by atoms with E-state index < -0.39 is 23.5 Å². The van der Waals surface area contributed by atoms with Gasteiger partial charge in [0, 0.05) is 29.8 Å². The van der Waals surface area contributed by atoms with E-state index >= 15 is 0 Å². The molecule has 6 N–H and O–H groups in total. The molecule has 2 aromatic heterocycles. The monoisotopic (exact) mass is 536 g/mol. The van der Waals surface area contributed by atoms with Crippen LogP contribution in [0.3, 0.4) is 0 Å². The summed E-state index contributed by atoms with van der Waals surface area (Å²) in [5, 5.41) is 15.3. The summed E-state index contributed by atoms with van der Waals surface area (Å²) in [6.07, 6.45) is 3.83. The van der Waals surface area contributed by atoms with E-state index in [1.54, 1.807) is 24.3 Å². The average Bonchev–Trinajstić information content (AvgIpc) is 3.14. The third-order valence-electron chi connectivity index (χ3n) is 6.78. The Morgan fingerprint density at radius 2 is 1.92 bits per heavy atom. The van der Waals surface area contributed by atoms with E-state index in [4.69, 9.17) is 5.73 Å². The molecule has 2 amide bonds. The molecule has 0 bridgehead atoms. The van der Waals surface area contributed by atoms with Crippen molar-refractivity contribution in [2.45, 2.75) is 58.2 Å². The number of benzene rings is 1. The largest absolute Gasteiger partial charge is 0.480 e. The van der Waals surface area contributed by atoms with E-state index in [1.165, 1.54) is 6.20 Å². The van der Waals surface area contributed by atoms with Crippen LogP contribution in [0.25, 0.3) is 11.2 Å². The molecule has 39 heavy (non-hydrogen) atoms. The van der Waals surface area contributed by atoms with Gasteiger partial charge < -0.3 is 26.4 Å². The highest BCUT2D eigenvalue weighted by molar-refractivity contribution is 5.96. The molecule has 13 nitrogen and oxygen atoms in total. The zero-order valence-corrected chi connectivity index (χ0v) is 21.8. The number of nitrogens with zero attached hydrogens (tertiary/aromatic N) is 4. The van der Waals surface area contributed by atoms with Gasteiger partial charge in [-0.3, -0.25) is 19.4 Å². The minimum Gasteiger partial charge on any atom is -0.480 e.